The van der Waals surface area contributed by atoms with Crippen LogP contribution in [-0.4, -0.2) is 5.78 Å². The number of rotatable bonds is 9. The van der Waals surface area contributed by atoms with Crippen molar-refractivity contribution in [2.75, 3.05) is 0 Å². The van der Waals surface area contributed by atoms with Crippen molar-refractivity contribution in [3.05, 3.63) is 100 Å². The highest BCUT2D eigenvalue weighted by atomic mass is 16.1. The number of aryl methyl sites for hydroxylation is 2. The third kappa shape index (κ3) is 6.90. The number of nitrogens with two attached hydrogens (primary N) is 1. The molecule has 0 saturated carbocycles. The second kappa shape index (κ2) is 11.2. The van der Waals surface area contributed by atoms with Gasteiger partial charge in [0.25, 0.3) is 0 Å². The smallest absolute Gasteiger partial charge is 0.160 e. The summed E-state index contributed by atoms with van der Waals surface area (Å²) in [7, 11) is 0. The van der Waals surface area contributed by atoms with Gasteiger partial charge in [-0.2, -0.15) is 0 Å². The molecule has 0 fully saturated rings. The van der Waals surface area contributed by atoms with E-state index in [1.807, 2.05) is 13.0 Å². The summed E-state index contributed by atoms with van der Waals surface area (Å²) >= 11 is 0. The largest absolute Gasteiger partial charge is 0.402 e. The Kier molecular flexibility index (Phi) is 8.67. The molecule has 2 nitrogen and oxygen atoms in total. The summed E-state index contributed by atoms with van der Waals surface area (Å²) in [5.74, 6) is 0.0757. The Morgan fingerprint density at radius 3 is 2.10 bits per heavy atom. The molecular weight excluding hydrogens is 354 g/mol. The predicted octanol–water partition coefficient (Wildman–Crippen LogP) is 6.34. The molecule has 152 valence electrons. The van der Waals surface area contributed by atoms with E-state index in [-0.39, 0.29) is 5.78 Å². The molecule has 0 spiro atoms. The fourth-order valence-corrected chi connectivity index (χ4v) is 3.30. The van der Waals surface area contributed by atoms with E-state index < -0.39 is 0 Å². The van der Waals surface area contributed by atoms with Crippen molar-refractivity contribution in [2.24, 2.45) is 5.73 Å². The maximum atomic E-state index is 12.5. The Balaban J connectivity index is 2.19. The summed E-state index contributed by atoms with van der Waals surface area (Å²) in [5.41, 5.74) is 13.6. The number of benzene rings is 2. The lowest BCUT2D eigenvalue weighted by molar-refractivity contribution is -0.114. The van der Waals surface area contributed by atoms with Crippen LogP contribution in [0.2, 0.25) is 0 Å². The van der Waals surface area contributed by atoms with Crippen LogP contribution in [0.25, 0.3) is 5.57 Å². The Bertz CT molecular complexity index is 893. The second-order valence-electron chi connectivity index (χ2n) is 7.53. The summed E-state index contributed by atoms with van der Waals surface area (Å²) in [6, 6.07) is 16.7. The van der Waals surface area contributed by atoms with Gasteiger partial charge >= 0.3 is 0 Å². The van der Waals surface area contributed by atoms with Crippen LogP contribution < -0.4 is 5.73 Å². The highest BCUT2D eigenvalue weighted by Crippen LogP contribution is 2.26. The molecule has 0 bridgehead atoms. The predicted molar refractivity (Wildman–Crippen MR) is 125 cm³/mol. The van der Waals surface area contributed by atoms with Crippen LogP contribution in [0, 0.1) is 6.92 Å². The first-order chi connectivity index (χ1) is 13.9. The Labute approximate surface area is 175 Å². The molecule has 2 aromatic rings. The maximum absolute atomic E-state index is 12.5. The molecule has 29 heavy (non-hydrogen) atoms. The third-order valence-corrected chi connectivity index (χ3v) is 4.86. The third-order valence-electron chi connectivity index (χ3n) is 4.86. The zero-order chi connectivity index (χ0) is 21.2. The van der Waals surface area contributed by atoms with Gasteiger partial charge in [0.2, 0.25) is 0 Å². The van der Waals surface area contributed by atoms with Crippen molar-refractivity contribution < 1.29 is 4.79 Å². The fraction of sp³-hybridized carbons (Fsp3) is 0.296. The molecule has 0 aliphatic heterocycles. The zero-order valence-electron chi connectivity index (χ0n) is 18.2. The van der Waals surface area contributed by atoms with Crippen molar-refractivity contribution in [2.45, 2.75) is 53.4 Å². The molecular formula is C27H33NO. The molecule has 2 heteroatoms. The van der Waals surface area contributed by atoms with Crippen LogP contribution >= 0.6 is 0 Å². The molecule has 2 rings (SSSR count). The highest BCUT2D eigenvalue weighted by Gasteiger charge is 2.09. The van der Waals surface area contributed by atoms with Gasteiger partial charge < -0.3 is 5.73 Å². The van der Waals surface area contributed by atoms with Gasteiger partial charge in [0.15, 0.2) is 5.78 Å². The standard InChI is InChI=1S/C27H33NO/c1-5-7-22-11-13-23(14-12-22)19-25(29)17-18-26(21(4)28)27(8-6-2)24-15-9-20(3)10-16-24/h8-18H,5-7,19,28H2,1-4H3/b18-17-,26-21-,27-8+. The Morgan fingerprint density at radius 1 is 0.931 bits per heavy atom. The molecule has 0 radical (unpaired) electrons. The van der Waals surface area contributed by atoms with E-state index in [1.165, 1.54) is 11.1 Å². The summed E-state index contributed by atoms with van der Waals surface area (Å²) in [6.07, 6.45) is 9.18. The monoisotopic (exact) mass is 387 g/mol. The van der Waals surface area contributed by atoms with Gasteiger partial charge in [0.1, 0.15) is 0 Å². The van der Waals surface area contributed by atoms with E-state index in [4.69, 9.17) is 5.73 Å². The molecule has 0 amide bonds. The Morgan fingerprint density at radius 2 is 1.55 bits per heavy atom. The number of carbonyl (C=O) groups is 1. The molecule has 0 unspecified atom stereocenters. The van der Waals surface area contributed by atoms with Crippen molar-refractivity contribution in [1.29, 1.82) is 0 Å². The van der Waals surface area contributed by atoms with Gasteiger partial charge in [-0.1, -0.05) is 80.4 Å². The SMILES string of the molecule is CC/C=C(C(/C=C\C(=O)Cc1ccc(CCC)cc1)=C(/C)N)\c1ccc(C)cc1. The topological polar surface area (TPSA) is 43.1 Å². The normalized spacial score (nSPS) is 12.9. The van der Waals surface area contributed by atoms with Crippen LogP contribution in [0.3, 0.4) is 0 Å². The minimum atomic E-state index is 0.0757. The first-order valence-electron chi connectivity index (χ1n) is 10.5. The van der Waals surface area contributed by atoms with Crippen LogP contribution in [0.4, 0.5) is 0 Å². The molecule has 0 aromatic heterocycles. The summed E-state index contributed by atoms with van der Waals surface area (Å²) in [5, 5.41) is 0. The molecule has 0 saturated heterocycles. The fourth-order valence-electron chi connectivity index (χ4n) is 3.30. The average Bonchev–Trinajstić information content (AvgIpc) is 2.69. The van der Waals surface area contributed by atoms with E-state index in [2.05, 4.69) is 75.4 Å². The summed E-state index contributed by atoms with van der Waals surface area (Å²) in [4.78, 5) is 12.5. The lowest BCUT2D eigenvalue weighted by Gasteiger charge is -2.12. The molecule has 0 aliphatic carbocycles. The van der Waals surface area contributed by atoms with E-state index in [0.717, 1.165) is 41.5 Å². The van der Waals surface area contributed by atoms with Crippen molar-refractivity contribution in [1.82, 2.24) is 0 Å². The molecule has 0 heterocycles. The Hall–Kier alpha value is -2.87. The van der Waals surface area contributed by atoms with Gasteiger partial charge in [-0.25, -0.2) is 0 Å². The zero-order valence-corrected chi connectivity index (χ0v) is 18.2. The number of hydrogen-bond donors (Lipinski definition) is 1. The lowest BCUT2D eigenvalue weighted by atomic mass is 9.94. The highest BCUT2D eigenvalue weighted by molar-refractivity contribution is 5.93. The molecule has 2 N–H and O–H groups in total. The average molecular weight is 388 g/mol. The summed E-state index contributed by atoms with van der Waals surface area (Å²) < 4.78 is 0. The molecule has 0 atom stereocenters. The van der Waals surface area contributed by atoms with Crippen LogP contribution in [0.5, 0.6) is 0 Å². The van der Waals surface area contributed by atoms with Gasteiger partial charge in [0.05, 0.1) is 0 Å². The number of hydrogen-bond acceptors (Lipinski definition) is 2. The van der Waals surface area contributed by atoms with E-state index in [0.29, 0.717) is 12.1 Å². The minimum Gasteiger partial charge on any atom is -0.402 e. The van der Waals surface area contributed by atoms with Crippen LogP contribution in [-0.2, 0) is 17.6 Å². The minimum absolute atomic E-state index is 0.0757. The first-order valence-corrected chi connectivity index (χ1v) is 10.5. The van der Waals surface area contributed by atoms with Crippen molar-refractivity contribution in [3.8, 4) is 0 Å². The van der Waals surface area contributed by atoms with Crippen LogP contribution in [0.1, 0.15) is 55.9 Å². The van der Waals surface area contributed by atoms with Crippen molar-refractivity contribution in [3.63, 3.8) is 0 Å². The van der Waals surface area contributed by atoms with E-state index >= 15 is 0 Å². The number of allylic oxidation sites excluding steroid dienone is 6. The van der Waals surface area contributed by atoms with Gasteiger partial charge in [0, 0.05) is 17.7 Å². The quantitative estimate of drug-likeness (QED) is 0.403. The number of carbonyl (C=O) groups excluding carboxylic acids is 1. The lowest BCUT2D eigenvalue weighted by Crippen LogP contribution is -2.02. The maximum Gasteiger partial charge on any atom is 0.160 e. The van der Waals surface area contributed by atoms with E-state index in [1.54, 1.807) is 6.08 Å². The number of ketones is 1. The molecule has 2 aromatic carbocycles. The van der Waals surface area contributed by atoms with Gasteiger partial charge in [-0.05, 0) is 61.1 Å². The van der Waals surface area contributed by atoms with Crippen molar-refractivity contribution >= 4 is 11.4 Å². The summed E-state index contributed by atoms with van der Waals surface area (Å²) in [6.45, 7) is 8.24. The first kappa shape index (κ1) is 22.4. The van der Waals surface area contributed by atoms with Crippen LogP contribution in [0.15, 0.2) is 78.0 Å². The second-order valence-corrected chi connectivity index (χ2v) is 7.53. The molecule has 0 aliphatic rings. The van der Waals surface area contributed by atoms with Gasteiger partial charge in [-0.3, -0.25) is 4.79 Å². The van der Waals surface area contributed by atoms with Gasteiger partial charge in [-0.15, -0.1) is 0 Å². The van der Waals surface area contributed by atoms with E-state index in [9.17, 15) is 4.79 Å².